The summed E-state index contributed by atoms with van der Waals surface area (Å²) in [5, 5.41) is 6.36. The fourth-order valence-corrected chi connectivity index (χ4v) is 2.91. The van der Waals surface area contributed by atoms with Crippen molar-refractivity contribution in [1.29, 1.82) is 0 Å². The van der Waals surface area contributed by atoms with Crippen LogP contribution in [0.1, 0.15) is 5.56 Å². The maximum Gasteiger partial charge on any atom is 0.323 e. The predicted molar refractivity (Wildman–Crippen MR) is 105 cm³/mol. The minimum Gasteiger partial charge on any atom is -0.309 e. The minimum atomic E-state index is -0.405. The van der Waals surface area contributed by atoms with Crippen molar-refractivity contribution < 1.29 is 4.79 Å². The van der Waals surface area contributed by atoms with Crippen molar-refractivity contribution in [3.63, 3.8) is 0 Å². The Morgan fingerprint density at radius 1 is 0.846 bits per heavy atom. The number of halogens is 2. The van der Waals surface area contributed by atoms with Crippen LogP contribution in [0.3, 0.4) is 0 Å². The number of carbonyl (C=O) groups excluding carboxylic acids is 1. The van der Waals surface area contributed by atoms with E-state index >= 15 is 0 Å². The number of nitrogens with zero attached hydrogens (tertiary/aromatic N) is 1. The molecule has 2 N–H and O–H groups in total. The van der Waals surface area contributed by atoms with Crippen molar-refractivity contribution in [2.24, 2.45) is 0 Å². The molecule has 0 aliphatic carbocycles. The van der Waals surface area contributed by atoms with E-state index in [1.807, 2.05) is 18.2 Å². The van der Waals surface area contributed by atoms with Gasteiger partial charge in [-0.25, -0.2) is 4.79 Å². The summed E-state index contributed by atoms with van der Waals surface area (Å²) >= 11 is 12.3. The summed E-state index contributed by atoms with van der Waals surface area (Å²) in [6.07, 6.45) is 1.55. The number of aromatic nitrogens is 1. The average molecular weight is 388 g/mol. The lowest BCUT2D eigenvalue weighted by Crippen LogP contribution is -2.23. The molecule has 2 amide bonds. The molecule has 0 atom stereocenters. The molecule has 0 aliphatic rings. The van der Waals surface area contributed by atoms with Crippen LogP contribution >= 0.6 is 23.2 Å². The maximum absolute atomic E-state index is 12.1. The van der Waals surface area contributed by atoms with Crippen molar-refractivity contribution in [3.05, 3.63) is 92.8 Å². The molecule has 7 heteroatoms. The number of para-hydroxylation sites is 1. The fourth-order valence-electron chi connectivity index (χ4n) is 2.40. The standard InChI is InChI=1S/C19H15Cl2N3O2/c20-16-7-4-8-17(21)15(16)12-24-11-14(9-10-18(24)25)23-19(26)22-13-5-2-1-3-6-13/h1-11H,12H2,(H2,22,23,26). The number of amides is 2. The highest BCUT2D eigenvalue weighted by atomic mass is 35.5. The van der Waals surface area contributed by atoms with Gasteiger partial charge in [-0.2, -0.15) is 0 Å². The number of nitrogens with one attached hydrogen (secondary N) is 2. The van der Waals surface area contributed by atoms with Crippen molar-refractivity contribution in [2.75, 3.05) is 10.6 Å². The molecule has 0 spiro atoms. The van der Waals surface area contributed by atoms with Crippen molar-refractivity contribution >= 4 is 40.6 Å². The second-order valence-electron chi connectivity index (χ2n) is 5.53. The zero-order chi connectivity index (χ0) is 18.5. The summed E-state index contributed by atoms with van der Waals surface area (Å²) in [6, 6.07) is 16.7. The Hall–Kier alpha value is -2.76. The van der Waals surface area contributed by atoms with Crippen LogP contribution in [0.4, 0.5) is 16.2 Å². The molecule has 3 aromatic rings. The normalized spacial score (nSPS) is 10.4. The van der Waals surface area contributed by atoms with E-state index in [1.54, 1.807) is 36.5 Å². The molecular formula is C19H15Cl2N3O2. The van der Waals surface area contributed by atoms with E-state index < -0.39 is 6.03 Å². The van der Waals surface area contributed by atoms with E-state index in [9.17, 15) is 9.59 Å². The number of urea groups is 1. The smallest absolute Gasteiger partial charge is 0.309 e. The highest BCUT2D eigenvalue weighted by Crippen LogP contribution is 2.25. The lowest BCUT2D eigenvalue weighted by molar-refractivity contribution is 0.262. The highest BCUT2D eigenvalue weighted by molar-refractivity contribution is 6.35. The summed E-state index contributed by atoms with van der Waals surface area (Å²) < 4.78 is 1.44. The van der Waals surface area contributed by atoms with Crippen LogP contribution in [0.15, 0.2) is 71.7 Å². The zero-order valence-corrected chi connectivity index (χ0v) is 15.1. The van der Waals surface area contributed by atoms with Gasteiger partial charge in [-0.15, -0.1) is 0 Å². The Bertz CT molecular complexity index is 967. The molecule has 0 saturated carbocycles. The Kier molecular flexibility index (Phi) is 5.61. The predicted octanol–water partition coefficient (Wildman–Crippen LogP) is 4.85. The molecule has 132 valence electrons. The van der Waals surface area contributed by atoms with Gasteiger partial charge in [0.15, 0.2) is 0 Å². The second kappa shape index (κ2) is 8.08. The minimum absolute atomic E-state index is 0.202. The van der Waals surface area contributed by atoms with Gasteiger partial charge in [0.1, 0.15) is 0 Å². The molecule has 0 radical (unpaired) electrons. The van der Waals surface area contributed by atoms with E-state index in [-0.39, 0.29) is 12.1 Å². The number of hydrogen-bond acceptors (Lipinski definition) is 2. The van der Waals surface area contributed by atoms with Crippen LogP contribution in [-0.4, -0.2) is 10.6 Å². The van der Waals surface area contributed by atoms with Crippen LogP contribution in [0.25, 0.3) is 0 Å². The Morgan fingerprint density at radius 3 is 2.19 bits per heavy atom. The van der Waals surface area contributed by atoms with Gasteiger partial charge in [-0.1, -0.05) is 47.5 Å². The van der Waals surface area contributed by atoms with Gasteiger partial charge in [0.05, 0.1) is 12.2 Å². The van der Waals surface area contributed by atoms with Crippen LogP contribution in [-0.2, 0) is 6.54 Å². The second-order valence-corrected chi connectivity index (χ2v) is 6.34. The summed E-state index contributed by atoms with van der Waals surface area (Å²) in [5.41, 5.74) is 1.56. The third-order valence-corrected chi connectivity index (χ3v) is 4.37. The molecule has 26 heavy (non-hydrogen) atoms. The summed E-state index contributed by atoms with van der Waals surface area (Å²) in [4.78, 5) is 24.2. The first-order chi connectivity index (χ1) is 12.5. The van der Waals surface area contributed by atoms with Gasteiger partial charge in [0, 0.05) is 33.6 Å². The van der Waals surface area contributed by atoms with Crippen LogP contribution in [0, 0.1) is 0 Å². The van der Waals surface area contributed by atoms with Crippen LogP contribution in [0.5, 0.6) is 0 Å². The third kappa shape index (κ3) is 4.45. The Morgan fingerprint density at radius 2 is 1.50 bits per heavy atom. The molecule has 5 nitrogen and oxygen atoms in total. The van der Waals surface area contributed by atoms with Crippen LogP contribution < -0.4 is 16.2 Å². The molecular weight excluding hydrogens is 373 g/mol. The number of pyridine rings is 1. The quantitative estimate of drug-likeness (QED) is 0.671. The van der Waals surface area contributed by atoms with E-state index in [0.717, 1.165) is 0 Å². The number of carbonyl (C=O) groups is 1. The van der Waals surface area contributed by atoms with Gasteiger partial charge in [0.2, 0.25) is 0 Å². The first-order valence-electron chi connectivity index (χ1n) is 7.79. The van der Waals surface area contributed by atoms with E-state index in [1.165, 1.54) is 16.7 Å². The summed E-state index contributed by atoms with van der Waals surface area (Å²) in [6.45, 7) is 0.202. The largest absolute Gasteiger partial charge is 0.323 e. The van der Waals surface area contributed by atoms with Crippen molar-refractivity contribution in [1.82, 2.24) is 4.57 Å². The SMILES string of the molecule is O=C(Nc1ccccc1)Nc1ccc(=O)n(Cc2c(Cl)cccc2Cl)c1. The average Bonchev–Trinajstić information content (AvgIpc) is 2.61. The summed E-state index contributed by atoms with van der Waals surface area (Å²) in [7, 11) is 0. The highest BCUT2D eigenvalue weighted by Gasteiger charge is 2.09. The lowest BCUT2D eigenvalue weighted by atomic mass is 10.2. The zero-order valence-electron chi connectivity index (χ0n) is 13.6. The van der Waals surface area contributed by atoms with Crippen molar-refractivity contribution in [2.45, 2.75) is 6.54 Å². The van der Waals surface area contributed by atoms with Gasteiger partial charge < -0.3 is 15.2 Å². The number of benzene rings is 2. The van der Waals surface area contributed by atoms with Gasteiger partial charge in [-0.3, -0.25) is 4.79 Å². The first kappa shape index (κ1) is 18.0. The maximum atomic E-state index is 12.1. The number of anilines is 2. The molecule has 0 saturated heterocycles. The molecule has 1 heterocycles. The molecule has 1 aromatic heterocycles. The van der Waals surface area contributed by atoms with Gasteiger partial charge >= 0.3 is 6.03 Å². The van der Waals surface area contributed by atoms with E-state index in [4.69, 9.17) is 23.2 Å². The first-order valence-corrected chi connectivity index (χ1v) is 8.55. The molecule has 2 aromatic carbocycles. The lowest BCUT2D eigenvalue weighted by Gasteiger charge is -2.12. The van der Waals surface area contributed by atoms with Crippen molar-refractivity contribution in [3.8, 4) is 0 Å². The topological polar surface area (TPSA) is 63.1 Å². The number of rotatable bonds is 4. The van der Waals surface area contributed by atoms with Gasteiger partial charge in [0.25, 0.3) is 5.56 Å². The third-order valence-electron chi connectivity index (χ3n) is 3.66. The van der Waals surface area contributed by atoms with Gasteiger partial charge in [-0.05, 0) is 30.3 Å². The molecule has 3 rings (SSSR count). The fraction of sp³-hybridized carbons (Fsp3) is 0.0526. The molecule has 0 aliphatic heterocycles. The number of hydrogen-bond donors (Lipinski definition) is 2. The Balaban J connectivity index is 1.77. The van der Waals surface area contributed by atoms with E-state index in [0.29, 0.717) is 27.0 Å². The molecule has 0 fully saturated rings. The van der Waals surface area contributed by atoms with E-state index in [2.05, 4.69) is 10.6 Å². The Labute approximate surface area is 160 Å². The molecule has 0 bridgehead atoms. The summed E-state index contributed by atoms with van der Waals surface area (Å²) in [5.74, 6) is 0. The van der Waals surface area contributed by atoms with Crippen LogP contribution in [0.2, 0.25) is 10.0 Å². The monoisotopic (exact) mass is 387 g/mol. The molecule has 0 unspecified atom stereocenters.